The van der Waals surface area contributed by atoms with Gasteiger partial charge in [0.15, 0.2) is 5.11 Å². The Kier molecular flexibility index (Phi) is 7.45. The van der Waals surface area contributed by atoms with Gasteiger partial charge in [0.2, 0.25) is 0 Å². The van der Waals surface area contributed by atoms with Gasteiger partial charge in [0.05, 0.1) is 14.2 Å². The van der Waals surface area contributed by atoms with E-state index in [9.17, 15) is 4.79 Å². The van der Waals surface area contributed by atoms with Crippen molar-refractivity contribution in [3.63, 3.8) is 0 Å². The summed E-state index contributed by atoms with van der Waals surface area (Å²) in [5, 5.41) is 3.32. The predicted octanol–water partition coefficient (Wildman–Crippen LogP) is 2.41. The maximum Gasteiger partial charge on any atom is 0.262 e. The van der Waals surface area contributed by atoms with E-state index in [1.165, 1.54) is 6.08 Å². The minimum absolute atomic E-state index is 0.319. The van der Waals surface area contributed by atoms with E-state index in [1.807, 2.05) is 48.5 Å². The first-order valence-corrected chi connectivity index (χ1v) is 8.31. The zero-order chi connectivity index (χ0) is 18.8. The number of hydrogen-bond donors (Lipinski definition) is 3. The molecule has 0 heterocycles. The summed E-state index contributed by atoms with van der Waals surface area (Å²) in [7, 11) is 3.21. The van der Waals surface area contributed by atoms with Gasteiger partial charge in [0.25, 0.3) is 5.91 Å². The Hall–Kier alpha value is -3.06. The molecular weight excluding hydrogens is 350 g/mol. The van der Waals surface area contributed by atoms with Gasteiger partial charge in [-0.15, -0.1) is 0 Å². The molecule has 0 saturated carbocycles. The maximum atomic E-state index is 11.9. The van der Waals surface area contributed by atoms with Gasteiger partial charge >= 0.3 is 0 Å². The Balaban J connectivity index is 1.75. The Morgan fingerprint density at radius 2 is 1.77 bits per heavy atom. The van der Waals surface area contributed by atoms with Crippen LogP contribution in [0.1, 0.15) is 11.1 Å². The van der Waals surface area contributed by atoms with Crippen molar-refractivity contribution < 1.29 is 14.3 Å². The lowest BCUT2D eigenvalue weighted by atomic mass is 10.2. The van der Waals surface area contributed by atoms with E-state index in [0.29, 0.717) is 17.4 Å². The van der Waals surface area contributed by atoms with Crippen molar-refractivity contribution in [1.29, 1.82) is 0 Å². The summed E-state index contributed by atoms with van der Waals surface area (Å²) in [6, 6.07) is 15.0. The quantitative estimate of drug-likeness (QED) is 0.412. The highest BCUT2D eigenvalue weighted by Gasteiger charge is 2.01. The molecule has 3 N–H and O–H groups in total. The summed E-state index contributed by atoms with van der Waals surface area (Å²) in [6.07, 6.45) is 3.07. The van der Waals surface area contributed by atoms with Gasteiger partial charge in [-0.25, -0.2) is 0 Å². The normalized spacial score (nSPS) is 10.2. The molecule has 0 aromatic heterocycles. The Morgan fingerprint density at radius 3 is 2.46 bits per heavy atom. The highest BCUT2D eigenvalue weighted by atomic mass is 32.1. The van der Waals surface area contributed by atoms with Crippen molar-refractivity contribution in [2.24, 2.45) is 0 Å². The van der Waals surface area contributed by atoms with Gasteiger partial charge < -0.3 is 14.8 Å². The number of amides is 1. The standard InChI is InChI=1S/C19H21N3O3S/c1-24-16-10-7-14(8-11-16)13-20-19(26)22-21-18(23)12-9-15-5-3-4-6-17(15)25-2/h3-12H,13H2,1-2H3,(H,21,23)(H2,20,22,26)/b12-9+. The molecular formula is C19H21N3O3S. The topological polar surface area (TPSA) is 71.6 Å². The molecule has 2 aromatic carbocycles. The molecule has 2 rings (SSSR count). The van der Waals surface area contributed by atoms with Crippen LogP contribution < -0.4 is 25.6 Å². The molecule has 0 fully saturated rings. The summed E-state index contributed by atoms with van der Waals surface area (Å²) in [5.74, 6) is 1.16. The second-order valence-electron chi connectivity index (χ2n) is 5.22. The lowest BCUT2D eigenvalue weighted by Crippen LogP contribution is -2.45. The van der Waals surface area contributed by atoms with E-state index in [-0.39, 0.29) is 5.91 Å². The van der Waals surface area contributed by atoms with Crippen LogP contribution >= 0.6 is 12.2 Å². The number of para-hydroxylation sites is 1. The fourth-order valence-electron chi connectivity index (χ4n) is 2.10. The third kappa shape index (κ3) is 6.10. The van der Waals surface area contributed by atoms with Crippen LogP contribution in [0.15, 0.2) is 54.6 Å². The number of ether oxygens (including phenoxy) is 2. The molecule has 136 valence electrons. The second kappa shape index (κ2) is 10.0. The van der Waals surface area contributed by atoms with E-state index in [1.54, 1.807) is 20.3 Å². The van der Waals surface area contributed by atoms with Gasteiger partial charge in [0.1, 0.15) is 11.5 Å². The molecule has 0 aliphatic heterocycles. The number of thiocarbonyl (C=S) groups is 1. The van der Waals surface area contributed by atoms with Gasteiger partial charge in [-0.05, 0) is 42.1 Å². The third-order valence-electron chi connectivity index (χ3n) is 3.46. The van der Waals surface area contributed by atoms with Crippen LogP contribution in [0.3, 0.4) is 0 Å². The molecule has 7 heteroatoms. The van der Waals surface area contributed by atoms with Gasteiger partial charge in [-0.2, -0.15) is 0 Å². The van der Waals surface area contributed by atoms with Gasteiger partial charge in [-0.1, -0.05) is 30.3 Å². The van der Waals surface area contributed by atoms with Crippen LogP contribution in [0.5, 0.6) is 11.5 Å². The Morgan fingerprint density at radius 1 is 1.04 bits per heavy atom. The summed E-state index contributed by atoms with van der Waals surface area (Å²) >= 11 is 5.13. The number of benzene rings is 2. The Bertz CT molecular complexity index is 776. The smallest absolute Gasteiger partial charge is 0.262 e. The highest BCUT2D eigenvalue weighted by Crippen LogP contribution is 2.18. The molecule has 0 aliphatic rings. The van der Waals surface area contributed by atoms with Crippen LogP contribution in [-0.4, -0.2) is 25.2 Å². The number of hydrazine groups is 1. The Labute approximate surface area is 158 Å². The van der Waals surface area contributed by atoms with Crippen LogP contribution in [0.2, 0.25) is 0 Å². The molecule has 2 aromatic rings. The number of carbonyl (C=O) groups excluding carboxylic acids is 1. The maximum absolute atomic E-state index is 11.9. The predicted molar refractivity (Wildman–Crippen MR) is 106 cm³/mol. The van der Waals surface area contributed by atoms with Crippen molar-refractivity contribution in [3.8, 4) is 11.5 Å². The first kappa shape index (κ1) is 19.3. The molecule has 0 saturated heterocycles. The number of carbonyl (C=O) groups is 1. The SMILES string of the molecule is COc1ccc(CNC(=S)NNC(=O)/C=C/c2ccccc2OC)cc1. The average Bonchev–Trinajstić information content (AvgIpc) is 2.69. The van der Waals surface area contributed by atoms with Crippen LogP contribution in [0, 0.1) is 0 Å². The van der Waals surface area contributed by atoms with Crippen molar-refractivity contribution in [3.05, 3.63) is 65.7 Å². The lowest BCUT2D eigenvalue weighted by Gasteiger charge is -2.11. The number of rotatable bonds is 6. The van der Waals surface area contributed by atoms with Gasteiger partial charge in [0, 0.05) is 18.2 Å². The lowest BCUT2D eigenvalue weighted by molar-refractivity contribution is -0.116. The molecule has 0 spiro atoms. The highest BCUT2D eigenvalue weighted by molar-refractivity contribution is 7.80. The minimum atomic E-state index is -0.329. The molecule has 1 amide bonds. The summed E-state index contributed by atoms with van der Waals surface area (Å²) in [4.78, 5) is 11.9. The summed E-state index contributed by atoms with van der Waals surface area (Å²) in [6.45, 7) is 0.531. The molecule has 26 heavy (non-hydrogen) atoms. The van der Waals surface area contributed by atoms with E-state index in [2.05, 4.69) is 16.2 Å². The van der Waals surface area contributed by atoms with E-state index in [0.717, 1.165) is 16.9 Å². The van der Waals surface area contributed by atoms with Crippen LogP contribution in [-0.2, 0) is 11.3 Å². The monoisotopic (exact) mass is 371 g/mol. The zero-order valence-electron chi connectivity index (χ0n) is 14.6. The van der Waals surface area contributed by atoms with Crippen molar-refractivity contribution in [2.75, 3.05) is 14.2 Å². The van der Waals surface area contributed by atoms with Crippen LogP contribution in [0.25, 0.3) is 6.08 Å². The average molecular weight is 371 g/mol. The van der Waals surface area contributed by atoms with E-state index in [4.69, 9.17) is 21.7 Å². The van der Waals surface area contributed by atoms with Crippen LogP contribution in [0.4, 0.5) is 0 Å². The van der Waals surface area contributed by atoms with Crippen molar-refractivity contribution in [1.82, 2.24) is 16.2 Å². The van der Waals surface area contributed by atoms with Gasteiger partial charge in [-0.3, -0.25) is 15.6 Å². The summed E-state index contributed by atoms with van der Waals surface area (Å²) in [5.41, 5.74) is 7.01. The third-order valence-corrected chi connectivity index (χ3v) is 3.71. The fourth-order valence-corrected chi connectivity index (χ4v) is 2.22. The number of nitrogens with one attached hydrogen (secondary N) is 3. The molecule has 0 radical (unpaired) electrons. The zero-order valence-corrected chi connectivity index (χ0v) is 15.4. The first-order chi connectivity index (χ1) is 12.6. The minimum Gasteiger partial charge on any atom is -0.497 e. The number of hydrogen-bond acceptors (Lipinski definition) is 4. The molecule has 0 aliphatic carbocycles. The molecule has 0 bridgehead atoms. The number of methoxy groups -OCH3 is 2. The molecule has 0 unspecified atom stereocenters. The van der Waals surface area contributed by atoms with E-state index < -0.39 is 0 Å². The summed E-state index contributed by atoms with van der Waals surface area (Å²) < 4.78 is 10.3. The van der Waals surface area contributed by atoms with Crippen molar-refractivity contribution in [2.45, 2.75) is 6.54 Å². The van der Waals surface area contributed by atoms with Crippen molar-refractivity contribution >= 4 is 29.3 Å². The van der Waals surface area contributed by atoms with E-state index >= 15 is 0 Å². The first-order valence-electron chi connectivity index (χ1n) is 7.90. The fraction of sp³-hybridized carbons (Fsp3) is 0.158. The second-order valence-corrected chi connectivity index (χ2v) is 5.63. The largest absolute Gasteiger partial charge is 0.497 e. The molecule has 0 atom stereocenters. The molecule has 6 nitrogen and oxygen atoms in total.